The minimum absolute atomic E-state index is 0.0192. The molecule has 1 unspecified atom stereocenters. The van der Waals surface area contributed by atoms with Gasteiger partial charge in [-0.3, -0.25) is 14.7 Å². The van der Waals surface area contributed by atoms with Crippen molar-refractivity contribution in [2.24, 2.45) is 7.05 Å². The molecule has 0 aliphatic heterocycles. The van der Waals surface area contributed by atoms with Gasteiger partial charge in [0, 0.05) is 31.5 Å². The van der Waals surface area contributed by atoms with Gasteiger partial charge >= 0.3 is 6.03 Å². The lowest BCUT2D eigenvalue weighted by Crippen LogP contribution is -2.39. The molecule has 0 saturated carbocycles. The highest BCUT2D eigenvalue weighted by Gasteiger charge is 2.10. The van der Waals surface area contributed by atoms with Gasteiger partial charge < -0.3 is 5.32 Å². The molecule has 7 nitrogen and oxygen atoms in total. The van der Waals surface area contributed by atoms with Gasteiger partial charge in [0.05, 0.1) is 12.2 Å². The highest BCUT2D eigenvalue weighted by Crippen LogP contribution is 2.07. The molecule has 2 N–H and O–H groups in total. The van der Waals surface area contributed by atoms with Gasteiger partial charge in [-0.1, -0.05) is 0 Å². The minimum atomic E-state index is -0.248. The molecule has 0 aliphatic carbocycles. The van der Waals surface area contributed by atoms with E-state index >= 15 is 0 Å². The molecule has 1 atom stereocenters. The van der Waals surface area contributed by atoms with Gasteiger partial charge in [0.15, 0.2) is 0 Å². The van der Waals surface area contributed by atoms with E-state index in [1.54, 1.807) is 22.6 Å². The number of amides is 2. The molecule has 0 aromatic carbocycles. The zero-order valence-corrected chi connectivity index (χ0v) is 11.3. The maximum absolute atomic E-state index is 11.8. The predicted molar refractivity (Wildman–Crippen MR) is 71.8 cm³/mol. The lowest BCUT2D eigenvalue weighted by molar-refractivity contribution is 0.247. The summed E-state index contributed by atoms with van der Waals surface area (Å²) in [7, 11) is 1.79. The molecule has 0 fully saturated rings. The minimum Gasteiger partial charge on any atom is -0.334 e. The molecule has 2 heterocycles. The second kappa shape index (κ2) is 5.55. The van der Waals surface area contributed by atoms with Crippen LogP contribution in [0, 0.1) is 6.92 Å². The van der Waals surface area contributed by atoms with Crippen LogP contribution in [0.4, 0.5) is 10.6 Å². The summed E-state index contributed by atoms with van der Waals surface area (Å²) < 4.78 is 3.41. The van der Waals surface area contributed by atoms with Crippen LogP contribution in [0.1, 0.15) is 12.6 Å². The Balaban J connectivity index is 1.85. The Labute approximate surface area is 111 Å². The van der Waals surface area contributed by atoms with Crippen molar-refractivity contribution in [1.82, 2.24) is 24.9 Å². The van der Waals surface area contributed by atoms with E-state index < -0.39 is 0 Å². The number of nitrogens with zero attached hydrogens (tertiary/aromatic N) is 4. The van der Waals surface area contributed by atoms with Crippen LogP contribution in [0.3, 0.4) is 0 Å². The molecule has 0 spiro atoms. The van der Waals surface area contributed by atoms with Crippen LogP contribution in [-0.2, 0) is 13.6 Å². The maximum Gasteiger partial charge on any atom is 0.320 e. The quantitative estimate of drug-likeness (QED) is 0.867. The SMILES string of the molecule is Cc1cc(NC(=O)NC(C)Cn2cccn2)n(C)n1. The highest BCUT2D eigenvalue weighted by molar-refractivity contribution is 5.88. The standard InChI is InChI=1S/C12H18N6O/c1-9-7-11(17(3)16-9)15-12(19)14-10(2)8-18-6-4-5-13-18/h4-7,10H,8H2,1-3H3,(H2,14,15,19). The number of anilines is 1. The maximum atomic E-state index is 11.8. The lowest BCUT2D eigenvalue weighted by Gasteiger charge is -2.14. The summed E-state index contributed by atoms with van der Waals surface area (Å²) in [5, 5.41) is 13.9. The first-order valence-corrected chi connectivity index (χ1v) is 6.10. The van der Waals surface area contributed by atoms with Crippen LogP contribution in [0.5, 0.6) is 0 Å². The van der Waals surface area contributed by atoms with Crippen LogP contribution >= 0.6 is 0 Å². The number of aryl methyl sites for hydroxylation is 2. The fourth-order valence-electron chi connectivity index (χ4n) is 1.84. The summed E-state index contributed by atoms with van der Waals surface area (Å²) in [6.45, 7) is 4.43. The smallest absolute Gasteiger partial charge is 0.320 e. The molecule has 19 heavy (non-hydrogen) atoms. The Hall–Kier alpha value is -2.31. The van der Waals surface area contributed by atoms with Crippen LogP contribution in [-0.4, -0.2) is 31.6 Å². The van der Waals surface area contributed by atoms with E-state index in [0.717, 1.165) is 5.69 Å². The van der Waals surface area contributed by atoms with Gasteiger partial charge in [-0.2, -0.15) is 10.2 Å². The third kappa shape index (κ3) is 3.57. The van der Waals surface area contributed by atoms with Crippen molar-refractivity contribution in [3.63, 3.8) is 0 Å². The van der Waals surface area contributed by atoms with Crippen molar-refractivity contribution in [3.05, 3.63) is 30.2 Å². The monoisotopic (exact) mass is 262 g/mol. The number of carbonyl (C=O) groups is 1. The molecule has 2 aromatic rings. The first-order valence-electron chi connectivity index (χ1n) is 6.10. The average molecular weight is 262 g/mol. The Bertz CT molecular complexity index is 545. The molecule has 0 aliphatic rings. The van der Waals surface area contributed by atoms with Gasteiger partial charge in [-0.25, -0.2) is 4.79 Å². The number of nitrogens with one attached hydrogen (secondary N) is 2. The molecule has 0 radical (unpaired) electrons. The van der Waals surface area contributed by atoms with Gasteiger partial charge in [0.2, 0.25) is 0 Å². The average Bonchev–Trinajstić information content (AvgIpc) is 2.89. The summed E-state index contributed by atoms with van der Waals surface area (Å²) >= 11 is 0. The molecular formula is C12H18N6O. The normalized spacial score (nSPS) is 12.2. The van der Waals surface area contributed by atoms with Crippen molar-refractivity contribution in [2.45, 2.75) is 26.4 Å². The molecule has 102 valence electrons. The first kappa shape index (κ1) is 13.1. The van der Waals surface area contributed by atoms with E-state index in [9.17, 15) is 4.79 Å². The molecular weight excluding hydrogens is 244 g/mol. The summed E-state index contributed by atoms with van der Waals surface area (Å²) in [5.41, 5.74) is 0.863. The first-order chi connectivity index (χ1) is 9.04. The molecule has 2 aromatic heterocycles. The Kier molecular flexibility index (Phi) is 3.84. The summed E-state index contributed by atoms with van der Waals surface area (Å²) in [6.07, 6.45) is 3.58. The fourth-order valence-corrected chi connectivity index (χ4v) is 1.84. The van der Waals surface area contributed by atoms with Gasteiger partial charge in [-0.05, 0) is 19.9 Å². The Morgan fingerprint density at radius 1 is 1.53 bits per heavy atom. The predicted octanol–water partition coefficient (Wildman–Crippen LogP) is 1.14. The van der Waals surface area contributed by atoms with E-state index in [2.05, 4.69) is 20.8 Å². The third-order valence-corrected chi connectivity index (χ3v) is 2.64. The summed E-state index contributed by atoms with van der Waals surface area (Å²) in [6, 6.07) is 3.40. The highest BCUT2D eigenvalue weighted by atomic mass is 16.2. The Morgan fingerprint density at radius 2 is 2.32 bits per heavy atom. The number of aromatic nitrogens is 4. The van der Waals surface area contributed by atoms with E-state index in [4.69, 9.17) is 0 Å². The summed E-state index contributed by atoms with van der Waals surface area (Å²) in [4.78, 5) is 11.8. The lowest BCUT2D eigenvalue weighted by atomic mass is 10.3. The Morgan fingerprint density at radius 3 is 2.89 bits per heavy atom. The van der Waals surface area contributed by atoms with Crippen LogP contribution < -0.4 is 10.6 Å². The molecule has 2 rings (SSSR count). The second-order valence-corrected chi connectivity index (χ2v) is 4.52. The molecule has 7 heteroatoms. The van der Waals surface area contributed by atoms with Crippen molar-refractivity contribution in [2.75, 3.05) is 5.32 Å². The van der Waals surface area contributed by atoms with Crippen LogP contribution in [0.25, 0.3) is 0 Å². The number of hydrogen-bond acceptors (Lipinski definition) is 3. The third-order valence-electron chi connectivity index (χ3n) is 2.64. The van der Waals surface area contributed by atoms with Crippen molar-refractivity contribution in [3.8, 4) is 0 Å². The number of urea groups is 1. The number of rotatable bonds is 4. The van der Waals surface area contributed by atoms with E-state index in [-0.39, 0.29) is 12.1 Å². The topological polar surface area (TPSA) is 76.8 Å². The molecule has 0 bridgehead atoms. The molecule has 2 amide bonds. The van der Waals surface area contributed by atoms with Crippen molar-refractivity contribution < 1.29 is 4.79 Å². The van der Waals surface area contributed by atoms with E-state index in [1.807, 2.05) is 32.2 Å². The second-order valence-electron chi connectivity index (χ2n) is 4.52. The van der Waals surface area contributed by atoms with Gasteiger partial charge in [0.1, 0.15) is 5.82 Å². The zero-order valence-electron chi connectivity index (χ0n) is 11.3. The van der Waals surface area contributed by atoms with Crippen LogP contribution in [0.2, 0.25) is 0 Å². The number of hydrogen-bond donors (Lipinski definition) is 2. The molecule has 0 saturated heterocycles. The van der Waals surface area contributed by atoms with Crippen molar-refractivity contribution >= 4 is 11.8 Å². The summed E-state index contributed by atoms with van der Waals surface area (Å²) in [5.74, 6) is 0.668. The van der Waals surface area contributed by atoms with Gasteiger partial charge in [-0.15, -0.1) is 0 Å². The van der Waals surface area contributed by atoms with Gasteiger partial charge in [0.25, 0.3) is 0 Å². The fraction of sp³-hybridized carbons (Fsp3) is 0.417. The van der Waals surface area contributed by atoms with Crippen LogP contribution in [0.15, 0.2) is 24.5 Å². The number of carbonyl (C=O) groups excluding carboxylic acids is 1. The van der Waals surface area contributed by atoms with Crippen molar-refractivity contribution in [1.29, 1.82) is 0 Å². The van der Waals surface area contributed by atoms with E-state index in [1.165, 1.54) is 0 Å². The van der Waals surface area contributed by atoms with E-state index in [0.29, 0.717) is 12.4 Å². The zero-order chi connectivity index (χ0) is 13.8. The largest absolute Gasteiger partial charge is 0.334 e.